The van der Waals surface area contributed by atoms with Gasteiger partial charge in [-0.05, 0) is 146 Å². The Morgan fingerprint density at radius 2 is 1.08 bits per heavy atom. The molecule has 1 aliphatic carbocycles. The second-order valence-electron chi connectivity index (χ2n) is 22.6. The lowest BCUT2D eigenvalue weighted by Gasteiger charge is -2.40. The first-order valence-corrected chi connectivity index (χ1v) is 31.1. The number of carbonyl (C=O) groups excluding carboxylic acids is 4. The number of carbonyl (C=O) groups is 4. The maximum atomic E-state index is 15.3. The van der Waals surface area contributed by atoms with E-state index in [9.17, 15) is 14.4 Å². The number of hydrogen-bond donors (Lipinski definition) is 2. The quantitative estimate of drug-likeness (QED) is 0.0295. The summed E-state index contributed by atoms with van der Waals surface area (Å²) in [7, 11) is 1.37. The van der Waals surface area contributed by atoms with Gasteiger partial charge in [0.15, 0.2) is 0 Å². The molecular weight excluding hydrogens is 1100 g/mol. The van der Waals surface area contributed by atoms with E-state index in [0.717, 1.165) is 116 Å². The molecule has 0 spiro atoms. The van der Waals surface area contributed by atoms with Gasteiger partial charge >= 0.3 is 5.97 Å². The van der Waals surface area contributed by atoms with Gasteiger partial charge in [0.1, 0.15) is 17.4 Å². The number of unbranched alkanes of at least 4 members (excludes halogenated alkanes) is 5. The van der Waals surface area contributed by atoms with Gasteiger partial charge < -0.3 is 25.0 Å². The van der Waals surface area contributed by atoms with E-state index in [1.807, 2.05) is 126 Å². The number of nitrogens with one attached hydrogen (secondary N) is 2. The average molecular weight is 1180 g/mol. The van der Waals surface area contributed by atoms with E-state index in [2.05, 4.69) is 52.5 Å². The molecule has 86 heavy (non-hydrogen) atoms. The number of anilines is 2. The largest absolute Gasteiger partial charge is 0.494 e. The highest BCUT2D eigenvalue weighted by atomic mass is 35.5. The molecule has 7 aromatic rings. The molecule has 1 fully saturated rings. The summed E-state index contributed by atoms with van der Waals surface area (Å²) in [6.07, 6.45) is 16.1. The summed E-state index contributed by atoms with van der Waals surface area (Å²) >= 11 is 6.40. The lowest BCUT2D eigenvalue weighted by molar-refractivity contribution is -0.139. The van der Waals surface area contributed by atoms with Gasteiger partial charge in [-0.15, -0.1) is 0 Å². The molecule has 0 aliphatic heterocycles. The van der Waals surface area contributed by atoms with Gasteiger partial charge in [0.05, 0.1) is 47.5 Å². The Hall–Kier alpha value is -7.85. The fourth-order valence-electron chi connectivity index (χ4n) is 11.3. The maximum absolute atomic E-state index is 15.3. The minimum Gasteiger partial charge on any atom is -0.494 e. The van der Waals surface area contributed by atoms with Crippen molar-refractivity contribution in [1.82, 2.24) is 34.6 Å². The molecule has 0 atom stereocenters. The van der Waals surface area contributed by atoms with Crippen LogP contribution in [0.15, 0.2) is 152 Å². The summed E-state index contributed by atoms with van der Waals surface area (Å²) in [5.41, 5.74) is 7.15. The molecule has 2 N–H and O–H groups in total. The fraction of sp³-hybridized carbons (Fsp3) is 0.400. The summed E-state index contributed by atoms with van der Waals surface area (Å²) in [5, 5.41) is 6.67. The SMILES string of the molecule is CCCCCC(=O)Nc1cccc(CN(Cc2cc(CN(Cc3ccccn3)Cc3cccc(NC(=O)CCCCC)n3)cc(OCCCCN(Cc3ccc(C(=O)OC)cc3)C(=O)C3(c4ccc(Cl)cc4)CCCCC3)c2)Cc2ccccn2)n1. The normalized spacial score (nSPS) is 12.9. The number of benzene rings is 3. The van der Waals surface area contributed by atoms with Crippen LogP contribution in [0.2, 0.25) is 5.02 Å². The summed E-state index contributed by atoms with van der Waals surface area (Å²) in [6.45, 7) is 8.58. The van der Waals surface area contributed by atoms with Gasteiger partial charge in [0.2, 0.25) is 17.7 Å². The van der Waals surface area contributed by atoms with Crippen molar-refractivity contribution in [3.05, 3.63) is 208 Å². The lowest BCUT2D eigenvalue weighted by atomic mass is 9.68. The molecule has 3 aromatic carbocycles. The minimum absolute atomic E-state index is 0.0420. The molecule has 0 bridgehead atoms. The van der Waals surface area contributed by atoms with Crippen LogP contribution in [-0.4, -0.2) is 78.6 Å². The van der Waals surface area contributed by atoms with Crippen LogP contribution in [0.3, 0.4) is 0 Å². The number of halogens is 1. The van der Waals surface area contributed by atoms with Crippen LogP contribution >= 0.6 is 11.6 Å². The van der Waals surface area contributed by atoms with Crippen LogP contribution < -0.4 is 15.4 Å². The summed E-state index contributed by atoms with van der Waals surface area (Å²) in [4.78, 5) is 79.3. The van der Waals surface area contributed by atoms with Crippen LogP contribution in [0, 0.1) is 0 Å². The Labute approximate surface area is 513 Å². The molecule has 16 heteroatoms. The number of hydrogen-bond acceptors (Lipinski definition) is 12. The van der Waals surface area contributed by atoms with Crippen LogP contribution in [0.1, 0.15) is 166 Å². The van der Waals surface area contributed by atoms with Gasteiger partial charge in [-0.1, -0.05) is 125 Å². The zero-order valence-corrected chi connectivity index (χ0v) is 51.1. The molecule has 0 unspecified atom stereocenters. The molecule has 0 saturated heterocycles. The van der Waals surface area contributed by atoms with Gasteiger partial charge in [-0.2, -0.15) is 0 Å². The molecule has 4 heterocycles. The fourth-order valence-corrected chi connectivity index (χ4v) is 11.4. The van der Waals surface area contributed by atoms with Crippen LogP contribution in [0.5, 0.6) is 5.75 Å². The van der Waals surface area contributed by atoms with Crippen molar-refractivity contribution >= 4 is 46.9 Å². The Balaban J connectivity index is 1.06. The minimum atomic E-state index is -0.678. The summed E-state index contributed by atoms with van der Waals surface area (Å²) in [6, 6.07) is 44.9. The van der Waals surface area contributed by atoms with Crippen molar-refractivity contribution < 1.29 is 28.7 Å². The Bertz CT molecular complexity index is 3100. The first-order chi connectivity index (χ1) is 42.0. The van der Waals surface area contributed by atoms with Gasteiger partial charge in [0.25, 0.3) is 0 Å². The summed E-state index contributed by atoms with van der Waals surface area (Å²) < 4.78 is 11.8. The molecule has 8 rings (SSSR count). The van der Waals surface area contributed by atoms with Crippen molar-refractivity contribution in [3.8, 4) is 5.75 Å². The molecule has 452 valence electrons. The van der Waals surface area contributed by atoms with Crippen LogP contribution in [0.4, 0.5) is 11.6 Å². The van der Waals surface area contributed by atoms with Gasteiger partial charge in [-0.3, -0.25) is 34.2 Å². The van der Waals surface area contributed by atoms with E-state index >= 15 is 4.79 Å². The lowest BCUT2D eigenvalue weighted by Crippen LogP contribution is -2.48. The highest BCUT2D eigenvalue weighted by Gasteiger charge is 2.43. The predicted octanol–water partition coefficient (Wildman–Crippen LogP) is 14.2. The van der Waals surface area contributed by atoms with E-state index in [1.165, 1.54) is 7.11 Å². The summed E-state index contributed by atoms with van der Waals surface area (Å²) in [5.74, 6) is 1.38. The smallest absolute Gasteiger partial charge is 0.337 e. The van der Waals surface area contributed by atoms with Crippen molar-refractivity contribution in [2.75, 3.05) is 30.9 Å². The second kappa shape index (κ2) is 33.7. The zero-order chi connectivity index (χ0) is 60.4. The number of methoxy groups -OCH3 is 1. The third-order valence-corrected chi connectivity index (χ3v) is 15.9. The van der Waals surface area contributed by atoms with Gasteiger partial charge in [0, 0.05) is 82.6 Å². The molecule has 15 nitrogen and oxygen atoms in total. The van der Waals surface area contributed by atoms with Gasteiger partial charge in [-0.25, -0.2) is 14.8 Å². The molecule has 0 radical (unpaired) electrons. The maximum Gasteiger partial charge on any atom is 0.337 e. The van der Waals surface area contributed by atoms with Crippen molar-refractivity contribution in [2.24, 2.45) is 0 Å². The average Bonchev–Trinajstić information content (AvgIpc) is 1.21. The first-order valence-electron chi connectivity index (χ1n) is 30.7. The zero-order valence-electron chi connectivity index (χ0n) is 50.4. The van der Waals surface area contributed by atoms with Crippen molar-refractivity contribution in [2.45, 2.75) is 161 Å². The molecule has 1 saturated carbocycles. The first kappa shape index (κ1) is 64.2. The highest BCUT2D eigenvalue weighted by molar-refractivity contribution is 6.30. The van der Waals surface area contributed by atoms with Crippen LogP contribution in [0.25, 0.3) is 0 Å². The van der Waals surface area contributed by atoms with Crippen molar-refractivity contribution in [3.63, 3.8) is 0 Å². The van der Waals surface area contributed by atoms with E-state index < -0.39 is 11.4 Å². The number of rotatable bonds is 33. The molecular formula is C70H84ClN9O6. The topological polar surface area (TPSA) is 172 Å². The third kappa shape index (κ3) is 20.1. The van der Waals surface area contributed by atoms with Crippen molar-refractivity contribution in [1.29, 1.82) is 0 Å². The number of nitrogens with zero attached hydrogens (tertiary/aromatic N) is 7. The number of pyridine rings is 4. The number of ether oxygens (including phenoxy) is 2. The molecule has 3 amide bonds. The number of aromatic nitrogens is 4. The van der Waals surface area contributed by atoms with E-state index in [4.69, 9.17) is 41.0 Å². The Morgan fingerprint density at radius 3 is 1.59 bits per heavy atom. The Morgan fingerprint density at radius 1 is 0.547 bits per heavy atom. The molecule has 4 aromatic heterocycles. The predicted molar refractivity (Wildman–Crippen MR) is 339 cm³/mol. The third-order valence-electron chi connectivity index (χ3n) is 15.6. The number of esters is 1. The van der Waals surface area contributed by atoms with E-state index in [-0.39, 0.29) is 17.7 Å². The second-order valence-corrected chi connectivity index (χ2v) is 23.0. The molecule has 1 aliphatic rings. The Kier molecular flexibility index (Phi) is 25.2. The monoisotopic (exact) mass is 1180 g/mol. The van der Waals surface area contributed by atoms with E-state index in [0.29, 0.717) is 113 Å². The standard InChI is InChI=1S/C70H84ClN9O6/c1-4-6-9-27-66(81)76-64-25-19-23-61(74-64)51-78(49-59-21-11-15-39-72-59)46-54-43-55(47-79(50-60-22-12-16-40-73-60)52-62-24-20-26-65(75-62)77-67(82)28-10-7-5-2)45-63(44-54)86-42-18-17-41-80(48-53-29-31-56(32-30-53)68(83)85-3)69(84)70(37-13-8-14-38-70)57-33-35-58(71)36-34-57/h11-12,15-16,19-26,29-36,39-40,43-45H,4-10,13-14,17-18,27-28,37-38,41-42,46-52H2,1-3H3,(H,74,76,81)(H,75,77,82). The van der Waals surface area contributed by atoms with E-state index in [1.54, 1.807) is 12.1 Å². The van der Waals surface area contributed by atoms with Crippen LogP contribution in [-0.2, 0) is 70.3 Å². The highest BCUT2D eigenvalue weighted by Crippen LogP contribution is 2.42. The number of amides is 3.